The van der Waals surface area contributed by atoms with Gasteiger partial charge in [-0.1, -0.05) is 11.6 Å². The van der Waals surface area contributed by atoms with E-state index in [1.165, 1.54) is 13.2 Å². The van der Waals surface area contributed by atoms with Gasteiger partial charge >= 0.3 is 0 Å². The van der Waals surface area contributed by atoms with Crippen LogP contribution in [0, 0.1) is 0 Å². The summed E-state index contributed by atoms with van der Waals surface area (Å²) in [6, 6.07) is 1.53. The fourth-order valence-electron chi connectivity index (χ4n) is 0.792. The number of nitrogen functional groups attached to an aromatic ring is 1. The molecule has 5 heteroatoms. The fraction of sp³-hybridized carbons (Fsp3) is 0.286. The number of methoxy groups -OCH3 is 1. The predicted octanol–water partition coefficient (Wildman–Crippen LogP) is 0.818. The fourth-order valence-corrected chi connectivity index (χ4v) is 1.03. The van der Waals surface area contributed by atoms with Crippen molar-refractivity contribution in [2.24, 2.45) is 0 Å². The van der Waals surface area contributed by atoms with Gasteiger partial charge < -0.3 is 15.6 Å². The Hall–Kier alpha value is -1.00. The summed E-state index contributed by atoms with van der Waals surface area (Å²) in [6.07, 6.45) is 0. The number of hydrogen-bond acceptors (Lipinski definition) is 4. The molecule has 0 amide bonds. The van der Waals surface area contributed by atoms with E-state index in [1.807, 2.05) is 0 Å². The van der Waals surface area contributed by atoms with Crippen molar-refractivity contribution >= 4 is 17.3 Å². The van der Waals surface area contributed by atoms with Gasteiger partial charge in [0.2, 0.25) is 0 Å². The first-order chi connectivity index (χ1) is 5.69. The van der Waals surface area contributed by atoms with Crippen LogP contribution in [0.3, 0.4) is 0 Å². The zero-order chi connectivity index (χ0) is 9.14. The molecule has 0 aliphatic rings. The summed E-state index contributed by atoms with van der Waals surface area (Å²) in [5.74, 6) is 0.409. The molecule has 0 unspecified atom stereocenters. The maximum absolute atomic E-state index is 8.76. The molecule has 0 bridgehead atoms. The van der Waals surface area contributed by atoms with Crippen LogP contribution in [-0.4, -0.2) is 17.2 Å². The molecular formula is C7H9ClN2O2. The zero-order valence-corrected chi connectivity index (χ0v) is 7.30. The van der Waals surface area contributed by atoms with Crippen LogP contribution in [-0.2, 0) is 6.61 Å². The van der Waals surface area contributed by atoms with Crippen LogP contribution in [0.2, 0.25) is 5.15 Å². The number of rotatable bonds is 2. The minimum atomic E-state index is -0.227. The molecule has 0 spiro atoms. The van der Waals surface area contributed by atoms with E-state index < -0.39 is 0 Å². The van der Waals surface area contributed by atoms with E-state index in [9.17, 15) is 0 Å². The molecule has 0 aliphatic carbocycles. The molecule has 0 saturated carbocycles. The Kier molecular flexibility index (Phi) is 2.73. The van der Waals surface area contributed by atoms with Crippen molar-refractivity contribution < 1.29 is 9.84 Å². The van der Waals surface area contributed by atoms with E-state index in [0.717, 1.165) is 0 Å². The van der Waals surface area contributed by atoms with Gasteiger partial charge in [0.05, 0.1) is 25.1 Å². The molecule has 0 aromatic carbocycles. The van der Waals surface area contributed by atoms with Gasteiger partial charge in [0, 0.05) is 6.07 Å². The third-order valence-electron chi connectivity index (χ3n) is 1.43. The first-order valence-electron chi connectivity index (χ1n) is 3.28. The highest BCUT2D eigenvalue weighted by atomic mass is 35.5. The maximum atomic E-state index is 8.76. The Labute approximate surface area is 74.9 Å². The summed E-state index contributed by atoms with van der Waals surface area (Å²) in [7, 11) is 1.47. The van der Waals surface area contributed by atoms with E-state index >= 15 is 0 Å². The molecule has 4 nitrogen and oxygen atoms in total. The Morgan fingerprint density at radius 2 is 2.42 bits per heavy atom. The van der Waals surface area contributed by atoms with Crippen molar-refractivity contribution in [3.63, 3.8) is 0 Å². The van der Waals surface area contributed by atoms with E-state index in [2.05, 4.69) is 4.98 Å². The van der Waals surface area contributed by atoms with Crippen LogP contribution < -0.4 is 10.5 Å². The van der Waals surface area contributed by atoms with Crippen molar-refractivity contribution in [1.29, 1.82) is 0 Å². The van der Waals surface area contributed by atoms with Crippen LogP contribution in [0.25, 0.3) is 0 Å². The van der Waals surface area contributed by atoms with Crippen LogP contribution in [0.4, 0.5) is 5.69 Å². The Bertz CT molecular complexity index is 261. The Morgan fingerprint density at radius 1 is 1.75 bits per heavy atom. The number of aliphatic hydroxyl groups excluding tert-OH is 1. The van der Waals surface area contributed by atoms with E-state index in [4.69, 9.17) is 27.2 Å². The second-order valence-electron chi connectivity index (χ2n) is 2.18. The molecule has 1 aromatic rings. The van der Waals surface area contributed by atoms with E-state index in [-0.39, 0.29) is 11.8 Å². The normalized spacial score (nSPS) is 9.92. The lowest BCUT2D eigenvalue weighted by Gasteiger charge is -2.06. The number of halogens is 1. The van der Waals surface area contributed by atoms with E-state index in [0.29, 0.717) is 17.1 Å². The summed E-state index contributed by atoms with van der Waals surface area (Å²) in [6.45, 7) is -0.227. The first-order valence-corrected chi connectivity index (χ1v) is 3.66. The topological polar surface area (TPSA) is 68.4 Å². The highest BCUT2D eigenvalue weighted by Gasteiger charge is 2.06. The van der Waals surface area contributed by atoms with Crippen molar-refractivity contribution in [2.75, 3.05) is 12.8 Å². The van der Waals surface area contributed by atoms with Crippen LogP contribution in [0.5, 0.6) is 5.75 Å². The monoisotopic (exact) mass is 188 g/mol. The number of anilines is 1. The third kappa shape index (κ3) is 1.60. The smallest absolute Gasteiger partial charge is 0.171 e. The number of aromatic nitrogens is 1. The lowest BCUT2D eigenvalue weighted by molar-refractivity contribution is 0.277. The number of hydrogen-bond donors (Lipinski definition) is 2. The number of nitrogens with zero attached hydrogens (tertiary/aromatic N) is 1. The molecular weight excluding hydrogens is 180 g/mol. The maximum Gasteiger partial charge on any atom is 0.171 e. The Balaban J connectivity index is 3.16. The zero-order valence-electron chi connectivity index (χ0n) is 6.54. The Morgan fingerprint density at radius 3 is 2.92 bits per heavy atom. The molecule has 3 N–H and O–H groups in total. The summed E-state index contributed by atoms with van der Waals surface area (Å²) >= 11 is 5.68. The molecule has 0 radical (unpaired) electrons. The largest absolute Gasteiger partial charge is 0.493 e. The molecule has 66 valence electrons. The minimum Gasteiger partial charge on any atom is -0.493 e. The quantitative estimate of drug-likeness (QED) is 0.675. The van der Waals surface area contributed by atoms with Gasteiger partial charge in [-0.25, -0.2) is 4.98 Å². The number of ether oxygens (including phenoxy) is 1. The van der Waals surface area contributed by atoms with Crippen LogP contribution >= 0.6 is 11.6 Å². The molecule has 0 aliphatic heterocycles. The van der Waals surface area contributed by atoms with Crippen LogP contribution in [0.1, 0.15) is 5.69 Å². The second kappa shape index (κ2) is 3.60. The summed E-state index contributed by atoms with van der Waals surface area (Å²) in [5, 5.41) is 8.97. The number of nitrogens with two attached hydrogens (primary N) is 1. The molecule has 0 saturated heterocycles. The molecule has 0 atom stereocenters. The standard InChI is InChI=1S/C7H9ClN2O2/c1-12-6-2-4(9)5(3-11)10-7(6)8/h2,11H,3,9H2,1H3. The third-order valence-corrected chi connectivity index (χ3v) is 1.70. The average Bonchev–Trinajstić information content (AvgIpc) is 2.08. The minimum absolute atomic E-state index is 0.204. The molecule has 0 fully saturated rings. The van der Waals surface area contributed by atoms with Gasteiger partial charge in [0.15, 0.2) is 10.9 Å². The molecule has 1 rings (SSSR count). The van der Waals surface area contributed by atoms with Gasteiger partial charge in [0.25, 0.3) is 0 Å². The lowest BCUT2D eigenvalue weighted by atomic mass is 10.3. The molecule has 12 heavy (non-hydrogen) atoms. The van der Waals surface area contributed by atoms with Gasteiger partial charge in [-0.05, 0) is 0 Å². The van der Waals surface area contributed by atoms with Crippen molar-refractivity contribution in [3.8, 4) is 5.75 Å². The van der Waals surface area contributed by atoms with Gasteiger partial charge in [-0.15, -0.1) is 0 Å². The highest BCUT2D eigenvalue weighted by Crippen LogP contribution is 2.25. The van der Waals surface area contributed by atoms with Gasteiger partial charge in [0.1, 0.15) is 0 Å². The van der Waals surface area contributed by atoms with E-state index in [1.54, 1.807) is 0 Å². The van der Waals surface area contributed by atoms with Gasteiger partial charge in [-0.2, -0.15) is 0 Å². The van der Waals surface area contributed by atoms with Crippen LogP contribution in [0.15, 0.2) is 6.07 Å². The number of aliphatic hydroxyl groups is 1. The number of pyridine rings is 1. The van der Waals surface area contributed by atoms with Crippen molar-refractivity contribution in [2.45, 2.75) is 6.61 Å². The second-order valence-corrected chi connectivity index (χ2v) is 2.53. The first kappa shape index (κ1) is 9.09. The predicted molar refractivity (Wildman–Crippen MR) is 46.1 cm³/mol. The summed E-state index contributed by atoms with van der Waals surface area (Å²) < 4.78 is 4.87. The highest BCUT2D eigenvalue weighted by molar-refractivity contribution is 6.30. The van der Waals surface area contributed by atoms with Gasteiger partial charge in [-0.3, -0.25) is 0 Å². The van der Waals surface area contributed by atoms with Crippen molar-refractivity contribution in [3.05, 3.63) is 16.9 Å². The van der Waals surface area contributed by atoms with Crippen molar-refractivity contribution in [1.82, 2.24) is 4.98 Å². The summed E-state index contributed by atoms with van der Waals surface area (Å²) in [4.78, 5) is 3.83. The molecule has 1 aromatic heterocycles. The molecule has 1 heterocycles. The lowest BCUT2D eigenvalue weighted by Crippen LogP contribution is -1.99. The SMILES string of the molecule is COc1cc(N)c(CO)nc1Cl. The summed E-state index contributed by atoms with van der Waals surface area (Å²) in [5.41, 5.74) is 6.25. The average molecular weight is 189 g/mol.